The van der Waals surface area contributed by atoms with Crippen LogP contribution in [-0.2, 0) is 17.6 Å². The number of carbonyl (C=O) groups is 3. The van der Waals surface area contributed by atoms with Gasteiger partial charge in [0.2, 0.25) is 5.91 Å². The lowest BCUT2D eigenvalue weighted by atomic mass is 10.1. The van der Waals surface area contributed by atoms with Crippen LogP contribution in [0.4, 0.5) is 16.3 Å². The highest BCUT2D eigenvalue weighted by Gasteiger charge is 2.21. The third-order valence-electron chi connectivity index (χ3n) is 4.93. The molecule has 1 aromatic heterocycles. The van der Waals surface area contributed by atoms with Gasteiger partial charge < -0.3 is 26.2 Å². The molecule has 11 nitrogen and oxygen atoms in total. The number of aryl methyl sites for hydroxylation is 1. The molecule has 0 aliphatic rings. The zero-order valence-corrected chi connectivity index (χ0v) is 19.6. The predicted octanol–water partition coefficient (Wildman–Crippen LogP) is 2.20. The van der Waals surface area contributed by atoms with Crippen molar-refractivity contribution < 1.29 is 24.2 Å². The van der Waals surface area contributed by atoms with Crippen LogP contribution < -0.4 is 21.1 Å². The topological polar surface area (TPSA) is 160 Å². The Hall–Kier alpha value is -3.60. The first kappa shape index (κ1) is 25.7. The number of halogens is 1. The number of amides is 3. The molecular formula is C21H27ClN6O5. The second-order valence-electron chi connectivity index (χ2n) is 7.18. The molecule has 5 N–H and O–H groups in total. The molecule has 0 radical (unpaired) electrons. The minimum Gasteiger partial charge on any atom is -0.497 e. The zero-order chi connectivity index (χ0) is 24.7. The summed E-state index contributed by atoms with van der Waals surface area (Å²) in [4.78, 5) is 44.4. The number of rotatable bonds is 10. The smallest absolute Gasteiger partial charge is 0.407 e. The van der Waals surface area contributed by atoms with Crippen molar-refractivity contribution in [1.82, 2.24) is 20.2 Å². The lowest BCUT2D eigenvalue weighted by Gasteiger charge is -2.21. The molecule has 0 aliphatic carbocycles. The van der Waals surface area contributed by atoms with Gasteiger partial charge in [0.15, 0.2) is 16.7 Å². The second kappa shape index (κ2) is 11.3. The van der Waals surface area contributed by atoms with E-state index >= 15 is 0 Å². The number of ether oxygens (including phenoxy) is 1. The Balaban J connectivity index is 2.19. The predicted molar refractivity (Wildman–Crippen MR) is 123 cm³/mol. The molecule has 0 bridgehead atoms. The molecule has 33 heavy (non-hydrogen) atoms. The van der Waals surface area contributed by atoms with E-state index in [2.05, 4.69) is 20.6 Å². The second-order valence-corrected chi connectivity index (χ2v) is 7.54. The molecule has 1 atom stereocenters. The molecule has 0 fully saturated rings. The van der Waals surface area contributed by atoms with Gasteiger partial charge in [-0.3, -0.25) is 14.5 Å². The van der Waals surface area contributed by atoms with Crippen molar-refractivity contribution in [3.05, 3.63) is 40.3 Å². The van der Waals surface area contributed by atoms with Gasteiger partial charge in [0.25, 0.3) is 5.91 Å². The number of carboxylic acid groups (broad SMARTS) is 1. The van der Waals surface area contributed by atoms with Gasteiger partial charge in [0.1, 0.15) is 11.8 Å². The number of nitrogens with two attached hydrogens (primary N) is 1. The Labute approximate surface area is 196 Å². The number of likely N-dealkylation sites (N-methyl/N-ethyl adjacent to an activating group) is 1. The van der Waals surface area contributed by atoms with Gasteiger partial charge in [-0.05, 0) is 37.5 Å². The summed E-state index contributed by atoms with van der Waals surface area (Å²) in [6.45, 7) is 3.61. The molecule has 1 aromatic carbocycles. The Morgan fingerprint density at radius 1 is 1.27 bits per heavy atom. The maximum atomic E-state index is 12.2. The number of nitrogens with zero attached hydrogens (tertiary/aromatic N) is 3. The molecule has 178 valence electrons. The highest BCUT2D eigenvalue weighted by molar-refractivity contribution is 6.30. The number of methoxy groups -OCH3 is 1. The molecule has 0 saturated heterocycles. The van der Waals surface area contributed by atoms with Gasteiger partial charge >= 0.3 is 6.09 Å². The average molecular weight is 479 g/mol. The van der Waals surface area contributed by atoms with Gasteiger partial charge in [-0.1, -0.05) is 18.5 Å². The van der Waals surface area contributed by atoms with E-state index in [0.29, 0.717) is 30.0 Å². The highest BCUT2D eigenvalue weighted by atomic mass is 35.5. The Kier molecular flexibility index (Phi) is 8.80. The quantitative estimate of drug-likeness (QED) is 0.404. The third-order valence-corrected chi connectivity index (χ3v) is 5.23. The van der Waals surface area contributed by atoms with Crippen molar-refractivity contribution in [2.75, 3.05) is 26.0 Å². The maximum absolute atomic E-state index is 12.2. The third kappa shape index (κ3) is 6.69. The Bertz CT molecular complexity index is 1050. The number of nitrogens with one attached hydrogen (secondary N) is 2. The fraction of sp³-hybridized carbons (Fsp3) is 0.381. The van der Waals surface area contributed by atoms with Crippen LogP contribution in [0, 0.1) is 0 Å². The molecule has 1 heterocycles. The van der Waals surface area contributed by atoms with Gasteiger partial charge in [-0.25, -0.2) is 14.8 Å². The van der Waals surface area contributed by atoms with Crippen molar-refractivity contribution in [2.45, 2.75) is 32.7 Å². The summed E-state index contributed by atoms with van der Waals surface area (Å²) in [5, 5.41) is 14.9. The minimum atomic E-state index is -1.19. The zero-order valence-electron chi connectivity index (χ0n) is 18.8. The SMILES string of the molecule is CCc1nc(C(N)=O)c(Nc2cc(CCNC(=O)[C@H](C)N(C)C(=O)O)cc(OC)c2)nc1Cl. The van der Waals surface area contributed by atoms with Crippen LogP contribution in [0.15, 0.2) is 18.2 Å². The number of anilines is 2. The molecule has 0 unspecified atom stereocenters. The van der Waals surface area contributed by atoms with Crippen LogP contribution in [0.3, 0.4) is 0 Å². The van der Waals surface area contributed by atoms with Crippen LogP contribution in [-0.4, -0.2) is 64.6 Å². The van der Waals surface area contributed by atoms with Gasteiger partial charge in [0.05, 0.1) is 12.8 Å². The van der Waals surface area contributed by atoms with E-state index < -0.39 is 23.9 Å². The number of aromatic nitrogens is 2. The van der Waals surface area contributed by atoms with E-state index in [-0.39, 0.29) is 23.2 Å². The summed E-state index contributed by atoms with van der Waals surface area (Å²) >= 11 is 6.16. The average Bonchev–Trinajstić information content (AvgIpc) is 2.77. The minimum absolute atomic E-state index is 0.0376. The molecule has 12 heteroatoms. The number of carbonyl (C=O) groups excluding carboxylic acids is 2. The normalized spacial score (nSPS) is 11.4. The van der Waals surface area contributed by atoms with Crippen LogP contribution >= 0.6 is 11.6 Å². The van der Waals surface area contributed by atoms with Crippen molar-refractivity contribution >= 4 is 41.0 Å². The summed E-state index contributed by atoms with van der Waals surface area (Å²) < 4.78 is 5.34. The van der Waals surface area contributed by atoms with Gasteiger partial charge in [-0.15, -0.1) is 0 Å². The highest BCUT2D eigenvalue weighted by Crippen LogP contribution is 2.26. The monoisotopic (exact) mass is 478 g/mol. The van der Waals surface area contributed by atoms with E-state index in [0.717, 1.165) is 10.5 Å². The van der Waals surface area contributed by atoms with Crippen LogP contribution in [0.25, 0.3) is 0 Å². The summed E-state index contributed by atoms with van der Waals surface area (Å²) in [6.07, 6.45) is -0.264. The molecule has 3 amide bonds. The van der Waals surface area contributed by atoms with Crippen molar-refractivity contribution in [1.29, 1.82) is 0 Å². The summed E-state index contributed by atoms with van der Waals surface area (Å²) in [5.41, 5.74) is 7.23. The fourth-order valence-corrected chi connectivity index (χ4v) is 3.15. The number of benzene rings is 1. The molecule has 2 rings (SSSR count). The lowest BCUT2D eigenvalue weighted by molar-refractivity contribution is -0.124. The van der Waals surface area contributed by atoms with Crippen molar-refractivity contribution in [3.63, 3.8) is 0 Å². The number of primary amides is 1. The van der Waals surface area contributed by atoms with Crippen LogP contribution in [0.2, 0.25) is 5.15 Å². The van der Waals surface area contributed by atoms with E-state index in [1.807, 2.05) is 6.92 Å². The van der Waals surface area contributed by atoms with Crippen LogP contribution in [0.1, 0.15) is 35.6 Å². The van der Waals surface area contributed by atoms with Crippen molar-refractivity contribution in [3.8, 4) is 5.75 Å². The first-order valence-corrected chi connectivity index (χ1v) is 10.5. The largest absolute Gasteiger partial charge is 0.497 e. The molecular weight excluding hydrogens is 452 g/mol. The van der Waals surface area contributed by atoms with E-state index in [9.17, 15) is 14.4 Å². The first-order chi connectivity index (χ1) is 15.6. The van der Waals surface area contributed by atoms with Crippen LogP contribution in [0.5, 0.6) is 5.75 Å². The van der Waals surface area contributed by atoms with Gasteiger partial charge in [-0.2, -0.15) is 0 Å². The lowest BCUT2D eigenvalue weighted by Crippen LogP contribution is -2.45. The maximum Gasteiger partial charge on any atom is 0.407 e. The van der Waals surface area contributed by atoms with E-state index in [1.165, 1.54) is 21.1 Å². The molecule has 0 saturated carbocycles. The van der Waals surface area contributed by atoms with Crippen molar-refractivity contribution in [2.24, 2.45) is 5.73 Å². The fourth-order valence-electron chi connectivity index (χ4n) is 2.88. The molecule has 0 spiro atoms. The molecule has 0 aliphatic heterocycles. The summed E-state index contributed by atoms with van der Waals surface area (Å²) in [7, 11) is 2.84. The van der Waals surface area contributed by atoms with E-state index in [1.54, 1.807) is 18.2 Å². The Morgan fingerprint density at radius 2 is 1.97 bits per heavy atom. The summed E-state index contributed by atoms with van der Waals surface area (Å²) in [5.74, 6) is -0.510. The van der Waals surface area contributed by atoms with Gasteiger partial charge in [0, 0.05) is 25.3 Å². The number of hydrogen-bond acceptors (Lipinski definition) is 7. The molecule has 2 aromatic rings. The first-order valence-electron chi connectivity index (χ1n) is 10.1. The van der Waals surface area contributed by atoms with E-state index in [4.69, 9.17) is 27.2 Å². The standard InChI is InChI=1S/C21H27ClN6O5/c1-5-15-17(22)27-19(16(26-15)18(23)29)25-13-8-12(9-14(10-13)33-4)6-7-24-20(30)11(2)28(3)21(31)32/h8-11H,5-7H2,1-4H3,(H2,23,29)(H,24,30)(H,25,27)(H,31,32)/t11-/m0/s1. The summed E-state index contributed by atoms with van der Waals surface area (Å²) in [6, 6.07) is 4.44. The Morgan fingerprint density at radius 3 is 2.55 bits per heavy atom. The number of hydrogen-bond donors (Lipinski definition) is 4.